The molecule has 1 atom stereocenters. The summed E-state index contributed by atoms with van der Waals surface area (Å²) in [5, 5.41) is 2.31. The molecule has 0 unspecified atom stereocenters. The topological polar surface area (TPSA) is 29.1 Å². The van der Waals surface area contributed by atoms with Gasteiger partial charge in [-0.1, -0.05) is 29.8 Å². The maximum Gasteiger partial charge on any atom is 0.391 e. The zero-order chi connectivity index (χ0) is 13.1. The number of hydrogen-bond acceptors (Lipinski definition) is 1. The van der Waals surface area contributed by atoms with Crippen LogP contribution in [-0.2, 0) is 4.79 Å². The van der Waals surface area contributed by atoms with Gasteiger partial charge in [0.25, 0.3) is 0 Å². The van der Waals surface area contributed by atoms with Gasteiger partial charge in [0.1, 0.15) is 0 Å². The minimum Gasteiger partial charge on any atom is -0.349 e. The van der Waals surface area contributed by atoms with Gasteiger partial charge in [-0.25, -0.2) is 0 Å². The Bertz CT molecular complexity index is 384. The average molecular weight is 245 g/mol. The number of amides is 1. The first-order chi connectivity index (χ1) is 7.78. The van der Waals surface area contributed by atoms with Gasteiger partial charge in [0.05, 0.1) is 12.5 Å². The second kappa shape index (κ2) is 5.21. The van der Waals surface area contributed by atoms with E-state index in [2.05, 4.69) is 5.32 Å². The van der Waals surface area contributed by atoms with Crippen molar-refractivity contribution < 1.29 is 18.0 Å². The van der Waals surface area contributed by atoms with E-state index < -0.39 is 24.5 Å². The van der Waals surface area contributed by atoms with E-state index in [0.29, 0.717) is 5.56 Å². The highest BCUT2D eigenvalue weighted by molar-refractivity contribution is 5.73. The fourth-order valence-electron chi connectivity index (χ4n) is 1.53. The summed E-state index contributed by atoms with van der Waals surface area (Å²) in [6.45, 7) is 3.05. The molecule has 1 aromatic carbocycles. The van der Waals surface area contributed by atoms with Crippen molar-refractivity contribution in [3.8, 4) is 0 Å². The Kier molecular flexibility index (Phi) is 4.15. The number of halogens is 3. The van der Waals surface area contributed by atoms with Crippen molar-refractivity contribution in [2.45, 2.75) is 32.5 Å². The van der Waals surface area contributed by atoms with E-state index >= 15 is 0 Å². The van der Waals surface area contributed by atoms with Crippen molar-refractivity contribution in [3.63, 3.8) is 0 Å². The molecule has 94 valence electrons. The molecule has 0 heterocycles. The van der Waals surface area contributed by atoms with E-state index in [-0.39, 0.29) is 0 Å². The number of aryl methyl sites for hydroxylation is 1. The molecular formula is C12H14F3NO. The molecule has 0 aliphatic rings. The second-order valence-electron chi connectivity index (χ2n) is 3.98. The quantitative estimate of drug-likeness (QED) is 0.870. The molecule has 2 nitrogen and oxygen atoms in total. The van der Waals surface area contributed by atoms with Gasteiger partial charge < -0.3 is 5.32 Å². The zero-order valence-corrected chi connectivity index (χ0v) is 9.64. The van der Waals surface area contributed by atoms with Gasteiger partial charge in [0, 0.05) is 6.92 Å². The molecular weight excluding hydrogens is 231 g/mol. The number of carbonyl (C=O) groups is 1. The van der Waals surface area contributed by atoms with Gasteiger partial charge in [0.2, 0.25) is 5.91 Å². The van der Waals surface area contributed by atoms with Crippen molar-refractivity contribution in [1.29, 1.82) is 0 Å². The van der Waals surface area contributed by atoms with Crippen LogP contribution in [0.1, 0.15) is 30.5 Å². The Labute approximate surface area is 97.8 Å². The molecule has 1 N–H and O–H groups in total. The lowest BCUT2D eigenvalue weighted by Crippen LogP contribution is -2.30. The molecule has 1 amide bonds. The summed E-state index contributed by atoms with van der Waals surface area (Å²) in [7, 11) is 0. The summed E-state index contributed by atoms with van der Waals surface area (Å²) in [4.78, 5) is 10.9. The predicted molar refractivity (Wildman–Crippen MR) is 58.4 cm³/mol. The fourth-order valence-corrected chi connectivity index (χ4v) is 1.53. The maximum atomic E-state index is 12.4. The van der Waals surface area contributed by atoms with E-state index in [1.54, 1.807) is 24.3 Å². The molecule has 0 saturated heterocycles. The summed E-state index contributed by atoms with van der Waals surface area (Å²) in [6.07, 6.45) is -5.37. The highest BCUT2D eigenvalue weighted by atomic mass is 19.4. The number of benzene rings is 1. The Morgan fingerprint density at radius 2 is 1.82 bits per heavy atom. The summed E-state index contributed by atoms with van der Waals surface area (Å²) >= 11 is 0. The zero-order valence-electron chi connectivity index (χ0n) is 9.64. The van der Waals surface area contributed by atoms with Gasteiger partial charge in [-0.05, 0) is 12.5 Å². The van der Waals surface area contributed by atoms with Crippen molar-refractivity contribution >= 4 is 5.91 Å². The van der Waals surface area contributed by atoms with Crippen LogP contribution in [0.3, 0.4) is 0 Å². The second-order valence-corrected chi connectivity index (χ2v) is 3.98. The van der Waals surface area contributed by atoms with E-state index in [1.165, 1.54) is 6.92 Å². The number of hydrogen-bond donors (Lipinski definition) is 1. The van der Waals surface area contributed by atoms with Crippen molar-refractivity contribution in [2.75, 3.05) is 0 Å². The number of rotatable bonds is 3. The van der Waals surface area contributed by atoms with Crippen LogP contribution in [0.2, 0.25) is 0 Å². The first kappa shape index (κ1) is 13.5. The van der Waals surface area contributed by atoms with Crippen molar-refractivity contribution in [3.05, 3.63) is 35.4 Å². The summed E-state index contributed by atoms with van der Waals surface area (Å²) < 4.78 is 37.1. The van der Waals surface area contributed by atoms with Gasteiger partial charge in [-0.2, -0.15) is 13.2 Å². The Morgan fingerprint density at radius 1 is 1.29 bits per heavy atom. The van der Waals surface area contributed by atoms with Crippen LogP contribution in [0.15, 0.2) is 24.3 Å². The lowest BCUT2D eigenvalue weighted by atomic mass is 10.0. The molecule has 0 radical (unpaired) electrons. The highest BCUT2D eigenvalue weighted by Gasteiger charge is 2.32. The smallest absolute Gasteiger partial charge is 0.349 e. The van der Waals surface area contributed by atoms with E-state index in [1.807, 2.05) is 6.92 Å². The first-order valence-corrected chi connectivity index (χ1v) is 5.18. The predicted octanol–water partition coefficient (Wildman–Crippen LogP) is 3.12. The summed E-state index contributed by atoms with van der Waals surface area (Å²) in [6, 6.07) is 5.62. The molecule has 1 rings (SSSR count). The Hall–Kier alpha value is -1.52. The van der Waals surface area contributed by atoms with Crippen LogP contribution in [0.5, 0.6) is 0 Å². The number of carbonyl (C=O) groups excluding carboxylic acids is 1. The third-order valence-electron chi connectivity index (χ3n) is 2.29. The summed E-state index contributed by atoms with van der Waals surface area (Å²) in [5.74, 6) is -0.472. The van der Waals surface area contributed by atoms with Crippen molar-refractivity contribution in [2.24, 2.45) is 0 Å². The van der Waals surface area contributed by atoms with E-state index in [4.69, 9.17) is 0 Å². The van der Waals surface area contributed by atoms with Gasteiger partial charge in [-0.3, -0.25) is 4.79 Å². The maximum absolute atomic E-state index is 12.4. The molecule has 0 aliphatic heterocycles. The molecule has 0 bridgehead atoms. The minimum absolute atomic E-state index is 0.461. The fraction of sp³-hybridized carbons (Fsp3) is 0.417. The molecule has 0 spiro atoms. The molecule has 17 heavy (non-hydrogen) atoms. The van der Waals surface area contributed by atoms with Crippen LogP contribution in [0, 0.1) is 6.92 Å². The van der Waals surface area contributed by atoms with E-state index in [9.17, 15) is 18.0 Å². The van der Waals surface area contributed by atoms with Gasteiger partial charge in [0.15, 0.2) is 0 Å². The standard InChI is InChI=1S/C12H14F3NO/c1-8-3-5-10(6-4-8)11(16-9(2)17)7-12(13,14)15/h3-6,11H,7H2,1-2H3,(H,16,17)/t11-/m1/s1. The van der Waals surface area contributed by atoms with Crippen LogP contribution in [0.25, 0.3) is 0 Å². The monoisotopic (exact) mass is 245 g/mol. The first-order valence-electron chi connectivity index (χ1n) is 5.18. The van der Waals surface area contributed by atoms with Gasteiger partial charge >= 0.3 is 6.18 Å². The number of alkyl halides is 3. The Morgan fingerprint density at radius 3 is 2.24 bits per heavy atom. The third kappa shape index (κ3) is 4.89. The van der Waals surface area contributed by atoms with Crippen LogP contribution < -0.4 is 5.32 Å². The van der Waals surface area contributed by atoms with Crippen LogP contribution in [-0.4, -0.2) is 12.1 Å². The lowest BCUT2D eigenvalue weighted by Gasteiger charge is -2.20. The van der Waals surface area contributed by atoms with E-state index in [0.717, 1.165) is 5.56 Å². The normalized spacial score (nSPS) is 13.2. The molecule has 0 saturated carbocycles. The largest absolute Gasteiger partial charge is 0.391 e. The molecule has 1 aromatic rings. The number of nitrogens with one attached hydrogen (secondary N) is 1. The Balaban J connectivity index is 2.89. The molecule has 0 aliphatic carbocycles. The summed E-state index contributed by atoms with van der Waals surface area (Å²) in [5.41, 5.74) is 1.42. The van der Waals surface area contributed by atoms with Gasteiger partial charge in [-0.15, -0.1) is 0 Å². The lowest BCUT2D eigenvalue weighted by molar-refractivity contribution is -0.142. The molecule has 0 aromatic heterocycles. The minimum atomic E-state index is -4.31. The highest BCUT2D eigenvalue weighted by Crippen LogP contribution is 2.29. The average Bonchev–Trinajstić information content (AvgIpc) is 2.14. The third-order valence-corrected chi connectivity index (χ3v) is 2.29. The SMILES string of the molecule is CC(=O)N[C@H](CC(F)(F)F)c1ccc(C)cc1. The molecule has 5 heteroatoms. The molecule has 0 fully saturated rings. The van der Waals surface area contributed by atoms with Crippen LogP contribution >= 0.6 is 0 Å². The van der Waals surface area contributed by atoms with Crippen LogP contribution in [0.4, 0.5) is 13.2 Å². The van der Waals surface area contributed by atoms with Crippen molar-refractivity contribution in [1.82, 2.24) is 5.32 Å².